The van der Waals surface area contributed by atoms with Gasteiger partial charge in [0, 0.05) is 5.69 Å². The summed E-state index contributed by atoms with van der Waals surface area (Å²) >= 11 is 0. The molecule has 0 amide bonds. The monoisotopic (exact) mass is 259 g/mol. The predicted molar refractivity (Wildman–Crippen MR) is 56.8 cm³/mol. The second-order valence-corrected chi connectivity index (χ2v) is 3.54. The van der Waals surface area contributed by atoms with Gasteiger partial charge in [-0.15, -0.1) is 0 Å². The van der Waals surface area contributed by atoms with Crippen LogP contribution in [0.3, 0.4) is 0 Å². The lowest BCUT2D eigenvalue weighted by Gasteiger charge is -2.01. The number of halogens is 3. The third kappa shape index (κ3) is 1.96. The van der Waals surface area contributed by atoms with E-state index in [0.717, 1.165) is 7.11 Å². The van der Waals surface area contributed by atoms with Crippen LogP contribution in [0.25, 0.3) is 11.0 Å². The predicted octanol–water partition coefficient (Wildman–Crippen LogP) is 1.95. The number of carbonyl (C=O) groups excluding carboxylic acids is 1. The van der Waals surface area contributed by atoms with Gasteiger partial charge in [-0.1, -0.05) is 0 Å². The van der Waals surface area contributed by atoms with Gasteiger partial charge in [0.15, 0.2) is 0 Å². The van der Waals surface area contributed by atoms with E-state index in [-0.39, 0.29) is 22.3 Å². The zero-order chi connectivity index (χ0) is 13.5. The number of aromatic nitrogens is 2. The first-order chi connectivity index (χ1) is 8.32. The summed E-state index contributed by atoms with van der Waals surface area (Å²) in [6.45, 7) is 0. The molecule has 5 nitrogen and oxygen atoms in total. The average Bonchev–Trinajstić information content (AvgIpc) is 2.70. The Kier molecular flexibility index (Phi) is 2.64. The topological polar surface area (TPSA) is 81.0 Å². The van der Waals surface area contributed by atoms with Gasteiger partial charge >= 0.3 is 12.1 Å². The number of alkyl halides is 3. The molecule has 0 radical (unpaired) electrons. The number of esters is 1. The molecule has 0 unspecified atom stereocenters. The van der Waals surface area contributed by atoms with Gasteiger partial charge in [-0.2, -0.15) is 13.2 Å². The highest BCUT2D eigenvalue weighted by Crippen LogP contribution is 2.30. The Morgan fingerprint density at radius 2 is 2.11 bits per heavy atom. The fourth-order valence-electron chi connectivity index (χ4n) is 1.54. The molecule has 0 saturated heterocycles. The summed E-state index contributed by atoms with van der Waals surface area (Å²) in [5.74, 6) is -1.99. The largest absolute Gasteiger partial charge is 0.465 e. The number of carbonyl (C=O) groups is 1. The number of nitrogens with two attached hydrogens (primary N) is 1. The van der Waals surface area contributed by atoms with Gasteiger partial charge in [0.05, 0.1) is 18.2 Å². The van der Waals surface area contributed by atoms with E-state index < -0.39 is 18.0 Å². The van der Waals surface area contributed by atoms with Crippen LogP contribution in [0.2, 0.25) is 0 Å². The van der Waals surface area contributed by atoms with Crippen molar-refractivity contribution in [3.05, 3.63) is 23.5 Å². The Morgan fingerprint density at radius 1 is 1.44 bits per heavy atom. The van der Waals surface area contributed by atoms with Crippen LogP contribution < -0.4 is 5.73 Å². The van der Waals surface area contributed by atoms with Crippen LogP contribution in [-0.2, 0) is 10.9 Å². The van der Waals surface area contributed by atoms with Crippen LogP contribution in [0.4, 0.5) is 18.9 Å². The highest BCUT2D eigenvalue weighted by molar-refractivity contribution is 6.03. The Morgan fingerprint density at radius 3 is 2.67 bits per heavy atom. The zero-order valence-electron chi connectivity index (χ0n) is 9.13. The van der Waals surface area contributed by atoms with Crippen molar-refractivity contribution in [2.24, 2.45) is 0 Å². The average molecular weight is 259 g/mol. The van der Waals surface area contributed by atoms with Crippen LogP contribution >= 0.6 is 0 Å². The number of rotatable bonds is 1. The smallest absolute Gasteiger partial charge is 0.449 e. The van der Waals surface area contributed by atoms with Crippen molar-refractivity contribution in [2.45, 2.75) is 6.18 Å². The van der Waals surface area contributed by atoms with Gasteiger partial charge in [0.25, 0.3) is 0 Å². The molecule has 96 valence electrons. The summed E-state index contributed by atoms with van der Waals surface area (Å²) in [6, 6.07) is 2.49. The number of benzene rings is 1. The molecule has 0 aliphatic rings. The van der Waals surface area contributed by atoms with E-state index in [1.165, 1.54) is 12.1 Å². The molecule has 1 heterocycles. The molecule has 0 aliphatic carbocycles. The quantitative estimate of drug-likeness (QED) is 0.605. The third-order valence-corrected chi connectivity index (χ3v) is 2.28. The first kappa shape index (κ1) is 12.2. The van der Waals surface area contributed by atoms with E-state index in [0.29, 0.717) is 0 Å². The number of hydrogen-bond acceptors (Lipinski definition) is 4. The van der Waals surface area contributed by atoms with Gasteiger partial charge in [-0.3, -0.25) is 0 Å². The second kappa shape index (κ2) is 3.90. The number of nitrogens with one attached hydrogen (secondary N) is 1. The van der Waals surface area contributed by atoms with Crippen molar-refractivity contribution in [1.29, 1.82) is 0 Å². The maximum atomic E-state index is 12.5. The summed E-state index contributed by atoms with van der Waals surface area (Å²) in [6.07, 6.45) is -4.62. The fraction of sp³-hybridized carbons (Fsp3) is 0.200. The lowest BCUT2D eigenvalue weighted by atomic mass is 10.1. The molecule has 2 rings (SSSR count). The number of imidazole rings is 1. The van der Waals surface area contributed by atoms with Crippen LogP contribution in [-0.4, -0.2) is 23.0 Å². The van der Waals surface area contributed by atoms with Crippen molar-refractivity contribution >= 4 is 22.7 Å². The SMILES string of the molecule is COC(=O)c1cc(N)cc2[nH]c(C(F)(F)F)nc12. The summed E-state index contributed by atoms with van der Waals surface area (Å²) in [5.41, 5.74) is 5.43. The molecule has 0 fully saturated rings. The van der Waals surface area contributed by atoms with Crippen molar-refractivity contribution in [3.8, 4) is 0 Å². The zero-order valence-corrected chi connectivity index (χ0v) is 9.13. The van der Waals surface area contributed by atoms with E-state index in [4.69, 9.17) is 5.73 Å². The standard InChI is InChI=1S/C10H8F3N3O2/c1-18-8(17)5-2-4(14)3-6-7(5)16-9(15-6)10(11,12)13/h2-3H,14H2,1H3,(H,15,16). The molecule has 0 saturated carbocycles. The van der Waals surface area contributed by atoms with Crippen molar-refractivity contribution in [2.75, 3.05) is 12.8 Å². The van der Waals surface area contributed by atoms with Gasteiger partial charge in [-0.25, -0.2) is 9.78 Å². The minimum absolute atomic E-state index is 0.0303. The number of ether oxygens (including phenoxy) is 1. The van der Waals surface area contributed by atoms with Gasteiger partial charge in [0.1, 0.15) is 5.52 Å². The Labute approximate surface area is 98.7 Å². The summed E-state index contributed by atoms with van der Waals surface area (Å²) in [7, 11) is 1.12. The number of fused-ring (bicyclic) bond motifs is 1. The lowest BCUT2D eigenvalue weighted by molar-refractivity contribution is -0.144. The van der Waals surface area contributed by atoms with E-state index >= 15 is 0 Å². The Balaban J connectivity index is 2.72. The maximum Gasteiger partial charge on any atom is 0.449 e. The van der Waals surface area contributed by atoms with Crippen molar-refractivity contribution < 1.29 is 22.7 Å². The van der Waals surface area contributed by atoms with E-state index in [2.05, 4.69) is 14.7 Å². The lowest BCUT2D eigenvalue weighted by Crippen LogP contribution is -2.07. The molecule has 0 spiro atoms. The molecule has 3 N–H and O–H groups in total. The molecular weight excluding hydrogens is 251 g/mol. The van der Waals surface area contributed by atoms with Crippen molar-refractivity contribution in [3.63, 3.8) is 0 Å². The van der Waals surface area contributed by atoms with Crippen LogP contribution in [0.15, 0.2) is 12.1 Å². The molecule has 1 aromatic heterocycles. The summed E-state index contributed by atoms with van der Waals surface area (Å²) in [4.78, 5) is 16.9. The van der Waals surface area contributed by atoms with Crippen LogP contribution in [0.1, 0.15) is 16.2 Å². The Hall–Kier alpha value is -2.25. The van der Waals surface area contributed by atoms with Crippen LogP contribution in [0.5, 0.6) is 0 Å². The molecule has 1 aromatic carbocycles. The van der Waals surface area contributed by atoms with E-state index in [1.54, 1.807) is 0 Å². The second-order valence-electron chi connectivity index (χ2n) is 3.54. The molecule has 0 bridgehead atoms. The molecular formula is C10H8F3N3O2. The molecule has 18 heavy (non-hydrogen) atoms. The number of aromatic amines is 1. The first-order valence-corrected chi connectivity index (χ1v) is 4.77. The molecule has 8 heteroatoms. The maximum absolute atomic E-state index is 12.5. The summed E-state index contributed by atoms with van der Waals surface area (Å²) < 4.78 is 42.0. The van der Waals surface area contributed by atoms with Gasteiger partial charge in [-0.05, 0) is 12.1 Å². The van der Waals surface area contributed by atoms with Gasteiger partial charge in [0.2, 0.25) is 5.82 Å². The van der Waals surface area contributed by atoms with Crippen LogP contribution in [0, 0.1) is 0 Å². The third-order valence-electron chi connectivity index (χ3n) is 2.28. The van der Waals surface area contributed by atoms with E-state index in [1.807, 2.05) is 0 Å². The first-order valence-electron chi connectivity index (χ1n) is 4.77. The number of H-pyrrole nitrogens is 1. The number of nitrogen functional groups attached to an aromatic ring is 1. The highest BCUT2D eigenvalue weighted by atomic mass is 19.4. The number of nitrogens with zero attached hydrogens (tertiary/aromatic N) is 1. The minimum Gasteiger partial charge on any atom is -0.465 e. The van der Waals surface area contributed by atoms with Gasteiger partial charge < -0.3 is 15.5 Å². The number of methoxy groups -OCH3 is 1. The highest BCUT2D eigenvalue weighted by Gasteiger charge is 2.35. The fourth-order valence-corrected chi connectivity index (χ4v) is 1.54. The number of hydrogen-bond donors (Lipinski definition) is 2. The molecule has 2 aromatic rings. The minimum atomic E-state index is -4.62. The van der Waals surface area contributed by atoms with E-state index in [9.17, 15) is 18.0 Å². The normalized spacial score (nSPS) is 11.8. The Bertz CT molecular complexity index is 619. The molecule has 0 atom stereocenters. The summed E-state index contributed by atoms with van der Waals surface area (Å²) in [5, 5.41) is 0. The van der Waals surface area contributed by atoms with Crippen molar-refractivity contribution in [1.82, 2.24) is 9.97 Å². The molecule has 0 aliphatic heterocycles. The number of anilines is 1.